The minimum Gasteiger partial charge on any atom is -0.481 e. The fourth-order valence-corrected chi connectivity index (χ4v) is 3.63. The maximum absolute atomic E-state index is 12.4. The number of allylic oxidation sites excluding steroid dienone is 2. The lowest BCUT2D eigenvalue weighted by molar-refractivity contribution is -0.150. The first kappa shape index (κ1) is 13.5. The SMILES string of the molecule is CC1CN(C(=O)C2CC=CCC2C(=O)O)CCS1. The summed E-state index contributed by atoms with van der Waals surface area (Å²) in [5.74, 6) is -0.793. The van der Waals surface area contributed by atoms with E-state index < -0.39 is 11.9 Å². The molecule has 1 saturated heterocycles. The molecule has 1 aliphatic carbocycles. The van der Waals surface area contributed by atoms with Crippen LogP contribution < -0.4 is 0 Å². The largest absolute Gasteiger partial charge is 0.481 e. The number of nitrogens with zero attached hydrogens (tertiary/aromatic N) is 1. The number of hydrogen-bond donors (Lipinski definition) is 1. The van der Waals surface area contributed by atoms with Gasteiger partial charge < -0.3 is 10.0 Å². The van der Waals surface area contributed by atoms with Gasteiger partial charge in [-0.15, -0.1) is 0 Å². The molecule has 0 spiro atoms. The van der Waals surface area contributed by atoms with Gasteiger partial charge in [0.25, 0.3) is 0 Å². The van der Waals surface area contributed by atoms with Crippen molar-refractivity contribution in [2.24, 2.45) is 11.8 Å². The summed E-state index contributed by atoms with van der Waals surface area (Å²) in [4.78, 5) is 25.5. The van der Waals surface area contributed by atoms with Crippen LogP contribution in [0, 0.1) is 11.8 Å². The van der Waals surface area contributed by atoms with Crippen LogP contribution in [0.25, 0.3) is 0 Å². The standard InChI is InChI=1S/C13H19NO3S/c1-9-8-14(6-7-18-9)12(15)10-4-2-3-5-11(10)13(16)17/h2-3,9-11H,4-8H2,1H3,(H,16,17). The zero-order valence-electron chi connectivity index (χ0n) is 10.5. The second-order valence-electron chi connectivity index (χ2n) is 4.96. The van der Waals surface area contributed by atoms with Crippen LogP contribution >= 0.6 is 11.8 Å². The first-order valence-electron chi connectivity index (χ1n) is 6.37. The molecule has 3 unspecified atom stereocenters. The third kappa shape index (κ3) is 2.88. The van der Waals surface area contributed by atoms with Crippen LogP contribution in [-0.4, -0.2) is 46.0 Å². The number of carbonyl (C=O) groups excluding carboxylic acids is 1. The lowest BCUT2D eigenvalue weighted by Gasteiger charge is -2.35. The number of carboxylic acids is 1. The molecule has 0 aromatic rings. The minimum atomic E-state index is -0.850. The topological polar surface area (TPSA) is 57.6 Å². The van der Waals surface area contributed by atoms with Gasteiger partial charge in [0.15, 0.2) is 0 Å². The Morgan fingerprint density at radius 1 is 1.28 bits per heavy atom. The lowest BCUT2D eigenvalue weighted by Crippen LogP contribution is -2.47. The number of amides is 1. The zero-order valence-corrected chi connectivity index (χ0v) is 11.4. The molecule has 0 aromatic carbocycles. The molecule has 0 aromatic heterocycles. The van der Waals surface area contributed by atoms with Gasteiger partial charge in [-0.3, -0.25) is 9.59 Å². The fraction of sp³-hybridized carbons (Fsp3) is 0.692. The van der Waals surface area contributed by atoms with Crippen LogP contribution in [-0.2, 0) is 9.59 Å². The number of carboxylic acid groups (broad SMARTS) is 1. The van der Waals surface area contributed by atoms with Gasteiger partial charge in [-0.2, -0.15) is 11.8 Å². The average molecular weight is 269 g/mol. The van der Waals surface area contributed by atoms with Crippen molar-refractivity contribution in [1.29, 1.82) is 0 Å². The number of carbonyl (C=O) groups is 2. The van der Waals surface area contributed by atoms with E-state index in [1.165, 1.54) is 0 Å². The van der Waals surface area contributed by atoms with Crippen molar-refractivity contribution in [2.45, 2.75) is 25.0 Å². The molecule has 3 atom stereocenters. The first-order valence-corrected chi connectivity index (χ1v) is 7.42. The molecule has 1 amide bonds. The van der Waals surface area contributed by atoms with Crippen molar-refractivity contribution in [3.63, 3.8) is 0 Å². The summed E-state index contributed by atoms with van der Waals surface area (Å²) in [6.07, 6.45) is 4.85. The van der Waals surface area contributed by atoms with E-state index in [-0.39, 0.29) is 11.8 Å². The normalized spacial score (nSPS) is 32.3. The lowest BCUT2D eigenvalue weighted by atomic mass is 9.82. The second kappa shape index (κ2) is 5.78. The molecule has 2 rings (SSSR count). The Morgan fingerprint density at radius 2 is 1.94 bits per heavy atom. The number of thioether (sulfide) groups is 1. The van der Waals surface area contributed by atoms with Crippen LogP contribution in [0.1, 0.15) is 19.8 Å². The highest BCUT2D eigenvalue weighted by molar-refractivity contribution is 7.99. The highest BCUT2D eigenvalue weighted by atomic mass is 32.2. The van der Waals surface area contributed by atoms with Gasteiger partial charge in [-0.25, -0.2) is 0 Å². The summed E-state index contributed by atoms with van der Waals surface area (Å²) in [6.45, 7) is 3.61. The summed E-state index contributed by atoms with van der Waals surface area (Å²) in [5.41, 5.74) is 0. The first-order chi connectivity index (χ1) is 8.59. The molecular formula is C13H19NO3S. The smallest absolute Gasteiger partial charge is 0.307 e. The third-order valence-corrected chi connectivity index (χ3v) is 4.76. The molecule has 0 saturated carbocycles. The second-order valence-corrected chi connectivity index (χ2v) is 6.51. The van der Waals surface area contributed by atoms with Crippen molar-refractivity contribution in [2.75, 3.05) is 18.8 Å². The van der Waals surface area contributed by atoms with E-state index in [2.05, 4.69) is 6.92 Å². The molecule has 4 nitrogen and oxygen atoms in total. The van der Waals surface area contributed by atoms with Crippen LogP contribution in [0.5, 0.6) is 0 Å². The van der Waals surface area contributed by atoms with Crippen LogP contribution in [0.4, 0.5) is 0 Å². The van der Waals surface area contributed by atoms with E-state index in [0.29, 0.717) is 18.1 Å². The van der Waals surface area contributed by atoms with Crippen LogP contribution in [0.2, 0.25) is 0 Å². The van der Waals surface area contributed by atoms with Crippen molar-refractivity contribution in [3.8, 4) is 0 Å². The zero-order chi connectivity index (χ0) is 13.1. The molecule has 1 aliphatic heterocycles. The van der Waals surface area contributed by atoms with Gasteiger partial charge in [0.2, 0.25) is 5.91 Å². The molecule has 0 radical (unpaired) electrons. The van der Waals surface area contributed by atoms with Crippen LogP contribution in [0.3, 0.4) is 0 Å². The van der Waals surface area contributed by atoms with Crippen molar-refractivity contribution in [3.05, 3.63) is 12.2 Å². The molecule has 1 heterocycles. The van der Waals surface area contributed by atoms with E-state index in [0.717, 1.165) is 18.8 Å². The highest BCUT2D eigenvalue weighted by Crippen LogP contribution is 2.29. The van der Waals surface area contributed by atoms with Crippen molar-refractivity contribution < 1.29 is 14.7 Å². The third-order valence-electron chi connectivity index (χ3n) is 3.62. The Kier molecular flexibility index (Phi) is 4.32. The molecule has 18 heavy (non-hydrogen) atoms. The molecule has 100 valence electrons. The predicted octanol–water partition coefficient (Wildman–Crippen LogP) is 1.62. The Bertz CT molecular complexity index is 369. The maximum Gasteiger partial charge on any atom is 0.307 e. The Morgan fingerprint density at radius 3 is 2.56 bits per heavy atom. The Balaban J connectivity index is 2.06. The van der Waals surface area contributed by atoms with Gasteiger partial charge in [0.1, 0.15) is 0 Å². The summed E-state index contributed by atoms with van der Waals surface area (Å²) < 4.78 is 0. The summed E-state index contributed by atoms with van der Waals surface area (Å²) in [6, 6.07) is 0. The van der Waals surface area contributed by atoms with E-state index in [1.54, 1.807) is 0 Å². The summed E-state index contributed by atoms with van der Waals surface area (Å²) in [5, 5.41) is 9.65. The maximum atomic E-state index is 12.4. The molecule has 5 heteroatoms. The van der Waals surface area contributed by atoms with Crippen molar-refractivity contribution in [1.82, 2.24) is 4.90 Å². The summed E-state index contributed by atoms with van der Waals surface area (Å²) >= 11 is 1.87. The highest BCUT2D eigenvalue weighted by Gasteiger charge is 2.37. The fourth-order valence-electron chi connectivity index (χ4n) is 2.61. The van der Waals surface area contributed by atoms with E-state index in [1.807, 2.05) is 28.8 Å². The van der Waals surface area contributed by atoms with Crippen molar-refractivity contribution >= 4 is 23.6 Å². The van der Waals surface area contributed by atoms with E-state index in [4.69, 9.17) is 0 Å². The van der Waals surface area contributed by atoms with Crippen LogP contribution in [0.15, 0.2) is 12.2 Å². The number of aliphatic carboxylic acids is 1. The molecule has 1 N–H and O–H groups in total. The number of hydrogen-bond acceptors (Lipinski definition) is 3. The Labute approximate surface area is 111 Å². The van der Waals surface area contributed by atoms with Gasteiger partial charge in [-0.05, 0) is 12.8 Å². The van der Waals surface area contributed by atoms with Gasteiger partial charge in [-0.1, -0.05) is 19.1 Å². The van der Waals surface area contributed by atoms with E-state index >= 15 is 0 Å². The van der Waals surface area contributed by atoms with Gasteiger partial charge in [0.05, 0.1) is 11.8 Å². The van der Waals surface area contributed by atoms with Gasteiger partial charge >= 0.3 is 5.97 Å². The summed E-state index contributed by atoms with van der Waals surface area (Å²) in [7, 11) is 0. The Hall–Kier alpha value is -0.970. The molecule has 0 bridgehead atoms. The quantitative estimate of drug-likeness (QED) is 0.774. The molecule has 1 fully saturated rings. The number of rotatable bonds is 2. The van der Waals surface area contributed by atoms with E-state index in [9.17, 15) is 14.7 Å². The van der Waals surface area contributed by atoms with Gasteiger partial charge in [0, 0.05) is 24.1 Å². The average Bonchev–Trinajstić information content (AvgIpc) is 2.38. The predicted molar refractivity (Wildman–Crippen MR) is 71.5 cm³/mol. The minimum absolute atomic E-state index is 0.0268. The molecule has 2 aliphatic rings. The molecular weight excluding hydrogens is 250 g/mol. The monoisotopic (exact) mass is 269 g/mol.